The monoisotopic (exact) mass is 1220 g/mol. The average molecular weight is 1220 g/mol. The summed E-state index contributed by atoms with van der Waals surface area (Å²) in [6, 6.07) is 14.6. The molecule has 5 amide bonds. The van der Waals surface area contributed by atoms with Crippen molar-refractivity contribution in [3.8, 4) is 11.5 Å². The number of imide groups is 1. The number of aromatic nitrogens is 1. The number of carbonyl (C=O) groups is 7. The van der Waals surface area contributed by atoms with Crippen LogP contribution in [0.5, 0.6) is 11.5 Å². The molecule has 83 heavy (non-hydrogen) atoms. The van der Waals surface area contributed by atoms with Crippen molar-refractivity contribution in [2.75, 3.05) is 90.8 Å². The van der Waals surface area contributed by atoms with Crippen molar-refractivity contribution in [2.45, 2.75) is 91.0 Å². The fraction of sp³-hybridized carbons (Fsp3) is 0.519. The van der Waals surface area contributed by atoms with Gasteiger partial charge in [0.1, 0.15) is 11.5 Å². The summed E-state index contributed by atoms with van der Waals surface area (Å²) in [6.45, 7) is 6.51. The Morgan fingerprint density at radius 2 is 1.14 bits per heavy atom. The van der Waals surface area contributed by atoms with Gasteiger partial charge in [0.05, 0.1) is 87.5 Å². The van der Waals surface area contributed by atoms with E-state index < -0.39 is 77.6 Å². The first-order chi connectivity index (χ1) is 38.8. The molecule has 1 unspecified atom stereocenters. The van der Waals surface area contributed by atoms with Crippen LogP contribution in [0.25, 0.3) is 21.8 Å². The Morgan fingerprint density at radius 1 is 0.614 bits per heavy atom. The number of fused-ring (bicyclic) bond motifs is 2. The third-order valence-corrected chi connectivity index (χ3v) is 16.3. The summed E-state index contributed by atoms with van der Waals surface area (Å²) >= 11 is 0. The van der Waals surface area contributed by atoms with Crippen LogP contribution in [-0.4, -0.2) is 185 Å². The Kier molecular flexibility index (Phi) is 24.0. The summed E-state index contributed by atoms with van der Waals surface area (Å²) in [7, 11) is -6.93. The lowest BCUT2D eigenvalue weighted by Gasteiger charge is -2.35. The molecule has 4 aromatic rings. The van der Waals surface area contributed by atoms with Crippen LogP contribution in [0.2, 0.25) is 0 Å². The van der Waals surface area contributed by atoms with Gasteiger partial charge < -0.3 is 39.2 Å². The van der Waals surface area contributed by atoms with Crippen LogP contribution in [0.3, 0.4) is 0 Å². The molecule has 0 bridgehead atoms. The van der Waals surface area contributed by atoms with Gasteiger partial charge in [0, 0.05) is 102 Å². The van der Waals surface area contributed by atoms with Crippen molar-refractivity contribution in [1.82, 2.24) is 21.0 Å². The van der Waals surface area contributed by atoms with E-state index in [1.165, 1.54) is 12.1 Å². The molecule has 26 nitrogen and oxygen atoms in total. The molecule has 1 saturated heterocycles. The Hall–Kier alpha value is -6.73. The van der Waals surface area contributed by atoms with Gasteiger partial charge >= 0.3 is 18.0 Å². The van der Waals surface area contributed by atoms with E-state index >= 15 is 0 Å². The number of aryl methyl sites for hydroxylation is 3. The van der Waals surface area contributed by atoms with Gasteiger partial charge in [0.25, 0.3) is 48.1 Å². The number of quaternary nitrogens is 2. The molecule has 1 atom stereocenters. The van der Waals surface area contributed by atoms with Crippen molar-refractivity contribution in [3.05, 3.63) is 76.9 Å². The highest BCUT2D eigenvalue weighted by Crippen LogP contribution is 2.32. The van der Waals surface area contributed by atoms with Gasteiger partial charge in [-0.2, -0.15) is 29.8 Å². The maximum absolute atomic E-state index is 14.6. The molecule has 0 spiro atoms. The first kappa shape index (κ1) is 67.1. The van der Waals surface area contributed by atoms with Gasteiger partial charge in [-0.25, -0.2) is 14.4 Å². The second-order valence-corrected chi connectivity index (χ2v) is 26.2. The quantitative estimate of drug-likeness (QED) is 0.00582. The van der Waals surface area contributed by atoms with Crippen LogP contribution in [0.4, 0.5) is 4.79 Å². The molecule has 29 heteroatoms. The van der Waals surface area contributed by atoms with E-state index in [2.05, 4.69) is 16.0 Å². The third kappa shape index (κ3) is 22.1. The number of pyridine rings is 1. The molecule has 0 saturated carbocycles. The number of hydroxylamine groups is 2. The number of carbonyl (C=O) groups excluding carboxylic acids is 7. The van der Waals surface area contributed by atoms with Gasteiger partial charge in [-0.15, -0.1) is 5.06 Å². The van der Waals surface area contributed by atoms with Gasteiger partial charge in [-0.1, -0.05) is 12.1 Å². The minimum Gasteiger partial charge on any atom is -0.422 e. The molecule has 5 rings (SSSR count). The zero-order chi connectivity index (χ0) is 61.3. The molecular formula is C54H76N7O19S3+3. The molecule has 0 aliphatic carbocycles. The van der Waals surface area contributed by atoms with E-state index in [0.717, 1.165) is 0 Å². The van der Waals surface area contributed by atoms with Crippen molar-refractivity contribution in [1.29, 1.82) is 0 Å². The van der Waals surface area contributed by atoms with Gasteiger partial charge in [0.15, 0.2) is 6.54 Å². The van der Waals surface area contributed by atoms with Crippen LogP contribution >= 0.6 is 0 Å². The van der Waals surface area contributed by atoms with Gasteiger partial charge in [-0.05, 0) is 61.7 Å². The van der Waals surface area contributed by atoms with E-state index in [1.807, 2.05) is 21.1 Å². The second kappa shape index (κ2) is 29.7. The minimum absolute atomic E-state index is 0.00723. The number of nitrogens with zero attached hydrogens (tertiary/aromatic N) is 4. The molecule has 2 heterocycles. The summed E-state index contributed by atoms with van der Waals surface area (Å²) in [4.78, 5) is 94.1. The normalized spacial score (nSPS) is 13.9. The molecule has 1 aromatic heterocycles. The lowest BCUT2D eigenvalue weighted by molar-refractivity contribution is -0.909. The lowest BCUT2D eigenvalue weighted by Crippen LogP contribution is -2.48. The van der Waals surface area contributed by atoms with Crippen molar-refractivity contribution < 1.29 is 100 Å². The highest BCUT2D eigenvalue weighted by atomic mass is 32.2. The van der Waals surface area contributed by atoms with E-state index in [9.17, 15) is 67.9 Å². The Morgan fingerprint density at radius 3 is 1.77 bits per heavy atom. The highest BCUT2D eigenvalue weighted by Gasteiger charge is 2.33. The van der Waals surface area contributed by atoms with Gasteiger partial charge in [0.2, 0.25) is 16.9 Å². The molecule has 0 radical (unpaired) electrons. The smallest absolute Gasteiger partial charge is 0.412 e. The topological polar surface area (TPSA) is 353 Å². The number of hydrogen-bond acceptors (Lipinski definition) is 16. The molecular weight excluding hydrogens is 1150 g/mol. The van der Waals surface area contributed by atoms with Gasteiger partial charge in [-0.3, -0.25) is 32.8 Å². The summed E-state index contributed by atoms with van der Waals surface area (Å²) in [6.07, 6.45) is 0.904. The Balaban J connectivity index is 1.23. The standard InChI is InChI=1S/C54H73N7O19S3/c1-38-35-40(52(66)56-24-11-30-61(5,31-14-34-83(75,76)77)29-10-23-55-46(62)17-8-18-49(65)80-59-47(63)21-22-48(59)64)36-39(2)51(38)79-53(67)50-42-15-6-7-16-44(42)58(26-12-32-81(69,70)71)45-20-19-41(37-43(45)50)78-54(68)57-25-9-27-60(3,4)28-13-33-82(72,73)74/h6-7,15-16,19-20,35-37H,8-14,17-18,21-34H2,1-5H3,(H3-3,55,56,57,62,66,68,69,70,71,72,73,74,75,76,77)/p+3. The molecule has 1 aliphatic rings. The maximum Gasteiger partial charge on any atom is 0.412 e. The van der Waals surface area contributed by atoms with Crippen LogP contribution in [0.15, 0.2) is 54.6 Å². The zero-order valence-electron chi connectivity index (χ0n) is 47.3. The average Bonchev–Trinajstić information content (AvgIpc) is 3.90. The number of benzene rings is 3. The Labute approximate surface area is 483 Å². The van der Waals surface area contributed by atoms with Crippen LogP contribution in [-0.2, 0) is 60.9 Å². The first-order valence-corrected chi connectivity index (χ1v) is 32.0. The summed E-state index contributed by atoms with van der Waals surface area (Å²) in [5, 5.41) is 9.53. The van der Waals surface area contributed by atoms with E-state index in [4.69, 9.17) is 18.9 Å². The number of ether oxygens (including phenoxy) is 2. The predicted octanol–water partition coefficient (Wildman–Crippen LogP) is 3.36. The minimum atomic E-state index is -4.31. The maximum atomic E-state index is 14.6. The van der Waals surface area contributed by atoms with Crippen molar-refractivity contribution >= 4 is 93.8 Å². The molecule has 1 fully saturated rings. The summed E-state index contributed by atoms with van der Waals surface area (Å²) in [5.74, 6) is -4.69. The number of esters is 1. The van der Waals surface area contributed by atoms with E-state index in [0.29, 0.717) is 93.6 Å². The van der Waals surface area contributed by atoms with Crippen LogP contribution < -0.4 is 30.0 Å². The molecule has 3 aromatic carbocycles. The lowest BCUT2D eigenvalue weighted by atomic mass is 10.0. The SMILES string of the molecule is Cc1cc(C(=O)NCCC[N+](C)(CCCNC(=O)CCCC(=O)ON2C(=O)CCC2=O)CCCS(=O)(=O)O)cc(C)c1OC(=O)c1c2ccccc2[n+](CCCS(=O)(=O)O)c2ccc(OC(=O)NCCC[N+](C)(C)CCCS(=O)(=O)O)cc12. The summed E-state index contributed by atoms with van der Waals surface area (Å²) < 4.78 is 111. The van der Waals surface area contributed by atoms with Crippen molar-refractivity contribution in [2.24, 2.45) is 0 Å². The fourth-order valence-electron chi connectivity index (χ4n) is 9.79. The predicted molar refractivity (Wildman–Crippen MR) is 302 cm³/mol. The molecule has 1 aliphatic heterocycles. The molecule has 456 valence electrons. The third-order valence-electron chi connectivity index (χ3n) is 13.9. The van der Waals surface area contributed by atoms with Crippen LogP contribution in [0, 0.1) is 13.8 Å². The van der Waals surface area contributed by atoms with E-state index in [-0.39, 0.29) is 117 Å². The Bertz CT molecular complexity index is 3370. The summed E-state index contributed by atoms with van der Waals surface area (Å²) in [5.41, 5.74) is 2.22. The number of nitrogens with one attached hydrogen (secondary N) is 3. The van der Waals surface area contributed by atoms with Crippen molar-refractivity contribution in [3.63, 3.8) is 0 Å². The largest absolute Gasteiger partial charge is 0.422 e. The highest BCUT2D eigenvalue weighted by molar-refractivity contribution is 7.86. The number of amides is 5. The second-order valence-electron chi connectivity index (χ2n) is 21.5. The molecule has 6 N–H and O–H groups in total. The number of hydrogen-bond donors (Lipinski definition) is 6. The first-order valence-electron chi connectivity index (χ1n) is 27.1. The number of para-hydroxylation sites is 1. The fourth-order valence-corrected chi connectivity index (χ4v) is 11.3. The number of rotatable bonds is 33. The van der Waals surface area contributed by atoms with Crippen LogP contribution in [0.1, 0.15) is 102 Å². The zero-order valence-corrected chi connectivity index (χ0v) is 49.8. The van der Waals surface area contributed by atoms with E-state index in [1.54, 1.807) is 60.9 Å².